The fourth-order valence-electron chi connectivity index (χ4n) is 1.34. The van der Waals surface area contributed by atoms with Crippen molar-refractivity contribution in [3.8, 4) is 5.75 Å². The molecular weight excluding hydrogens is 306 g/mol. The van der Waals surface area contributed by atoms with Crippen LogP contribution in [0.25, 0.3) is 0 Å². The van der Waals surface area contributed by atoms with E-state index in [4.69, 9.17) is 5.11 Å². The predicted octanol–water partition coefficient (Wildman–Crippen LogP) is -1.10. The zero-order valence-corrected chi connectivity index (χ0v) is 11.6. The Kier molecular flexibility index (Phi) is 5.24. The van der Waals surface area contributed by atoms with Crippen molar-refractivity contribution in [2.45, 2.75) is 11.0 Å². The van der Waals surface area contributed by atoms with Gasteiger partial charge in [-0.05, 0) is 18.2 Å². The molecule has 0 saturated heterocycles. The number of ether oxygens (including phenoxy) is 1. The quantitative estimate of drug-likeness (QED) is 0.483. The van der Waals surface area contributed by atoms with Gasteiger partial charge in [-0.15, -0.1) is 0 Å². The molecule has 0 spiro atoms. The Morgan fingerprint density at radius 3 is 2.52 bits per heavy atom. The van der Waals surface area contributed by atoms with E-state index in [0.717, 1.165) is 25.3 Å². The number of hydrogen-bond donors (Lipinski definition) is 4. The van der Waals surface area contributed by atoms with Crippen LogP contribution in [0.2, 0.25) is 0 Å². The van der Waals surface area contributed by atoms with Crippen LogP contribution in [0.4, 0.5) is 0 Å². The molecule has 0 aliphatic heterocycles. The lowest BCUT2D eigenvalue weighted by molar-refractivity contribution is -0.149. The lowest BCUT2D eigenvalue weighted by Gasteiger charge is -2.11. The maximum atomic E-state index is 11.9. The monoisotopic (exact) mass is 319 g/mol. The van der Waals surface area contributed by atoms with Crippen LogP contribution in [0.15, 0.2) is 23.1 Å². The summed E-state index contributed by atoms with van der Waals surface area (Å²) in [6.45, 7) is -0.641. The Balaban J connectivity index is 2.96. The van der Waals surface area contributed by atoms with E-state index in [1.165, 1.54) is 0 Å². The van der Waals surface area contributed by atoms with Crippen LogP contribution in [0.5, 0.6) is 5.75 Å². The predicted molar refractivity (Wildman–Crippen MR) is 68.3 cm³/mol. The molecule has 21 heavy (non-hydrogen) atoms. The lowest BCUT2D eigenvalue weighted by Crippen LogP contribution is -2.37. The molecule has 4 N–H and O–H groups in total. The highest BCUT2D eigenvalue weighted by Gasteiger charge is 2.22. The Labute approximate surface area is 119 Å². The zero-order valence-electron chi connectivity index (χ0n) is 10.8. The van der Waals surface area contributed by atoms with Crippen molar-refractivity contribution in [2.75, 3.05) is 13.7 Å². The van der Waals surface area contributed by atoms with Crippen molar-refractivity contribution in [1.82, 2.24) is 4.72 Å². The fourth-order valence-corrected chi connectivity index (χ4v) is 2.41. The van der Waals surface area contributed by atoms with Crippen LogP contribution in [0.1, 0.15) is 10.4 Å². The average Bonchev–Trinajstić information content (AvgIpc) is 2.43. The van der Waals surface area contributed by atoms with Crippen molar-refractivity contribution in [3.63, 3.8) is 0 Å². The molecule has 1 aromatic carbocycles. The van der Waals surface area contributed by atoms with Gasteiger partial charge in [-0.2, -0.15) is 0 Å². The number of aromatic hydroxyl groups is 1. The molecule has 0 saturated carbocycles. The summed E-state index contributed by atoms with van der Waals surface area (Å²) in [6, 6.07) is 2.65. The molecule has 10 heteroatoms. The van der Waals surface area contributed by atoms with Crippen LogP contribution in [0, 0.1) is 0 Å². The molecule has 0 aliphatic carbocycles. The van der Waals surface area contributed by atoms with Gasteiger partial charge in [0.25, 0.3) is 0 Å². The summed E-state index contributed by atoms with van der Waals surface area (Å²) in [4.78, 5) is 21.3. The Hall–Kier alpha value is -2.17. The summed E-state index contributed by atoms with van der Waals surface area (Å²) in [5, 5.41) is 27.4. The SMILES string of the molecule is COC(=O)C(O)CNS(=O)(=O)c1ccc(O)c(C(=O)O)c1. The van der Waals surface area contributed by atoms with Gasteiger partial charge in [-0.1, -0.05) is 0 Å². The number of sulfonamides is 1. The van der Waals surface area contributed by atoms with E-state index in [-0.39, 0.29) is 0 Å². The second-order valence-electron chi connectivity index (χ2n) is 3.87. The molecule has 0 bridgehead atoms. The topological polar surface area (TPSA) is 150 Å². The summed E-state index contributed by atoms with van der Waals surface area (Å²) in [5.41, 5.74) is -0.591. The van der Waals surface area contributed by atoms with Crippen molar-refractivity contribution in [3.05, 3.63) is 23.8 Å². The van der Waals surface area contributed by atoms with Gasteiger partial charge in [0.2, 0.25) is 10.0 Å². The average molecular weight is 319 g/mol. The lowest BCUT2D eigenvalue weighted by atomic mass is 10.2. The summed E-state index contributed by atoms with van der Waals surface area (Å²) in [7, 11) is -3.14. The number of benzene rings is 1. The second kappa shape index (κ2) is 6.52. The van der Waals surface area contributed by atoms with Gasteiger partial charge in [-0.3, -0.25) is 0 Å². The number of rotatable bonds is 6. The minimum Gasteiger partial charge on any atom is -0.507 e. The van der Waals surface area contributed by atoms with Gasteiger partial charge in [-0.25, -0.2) is 22.7 Å². The molecule has 0 fully saturated rings. The number of hydrogen-bond acceptors (Lipinski definition) is 7. The highest BCUT2D eigenvalue weighted by Crippen LogP contribution is 2.21. The molecular formula is C11H13NO8S. The fraction of sp³-hybridized carbons (Fsp3) is 0.273. The van der Waals surface area contributed by atoms with Crippen LogP contribution >= 0.6 is 0 Å². The molecule has 1 unspecified atom stereocenters. The van der Waals surface area contributed by atoms with Gasteiger partial charge in [0, 0.05) is 6.54 Å². The first-order valence-corrected chi connectivity index (χ1v) is 6.99. The van der Waals surface area contributed by atoms with Gasteiger partial charge < -0.3 is 20.1 Å². The molecule has 0 radical (unpaired) electrons. The molecule has 0 aliphatic rings. The zero-order chi connectivity index (χ0) is 16.2. The number of carbonyl (C=O) groups is 2. The highest BCUT2D eigenvalue weighted by molar-refractivity contribution is 7.89. The Bertz CT molecular complexity index is 654. The summed E-state index contributed by atoms with van der Waals surface area (Å²) >= 11 is 0. The largest absolute Gasteiger partial charge is 0.507 e. The maximum absolute atomic E-state index is 11.9. The van der Waals surface area contributed by atoms with E-state index in [2.05, 4.69) is 4.74 Å². The highest BCUT2D eigenvalue weighted by atomic mass is 32.2. The first-order chi connectivity index (χ1) is 9.69. The first kappa shape index (κ1) is 16.9. The van der Waals surface area contributed by atoms with Gasteiger partial charge >= 0.3 is 11.9 Å². The van der Waals surface area contributed by atoms with E-state index in [0.29, 0.717) is 0 Å². The number of carboxylic acids is 1. The van der Waals surface area contributed by atoms with Gasteiger partial charge in [0.15, 0.2) is 6.10 Å². The van der Waals surface area contributed by atoms with E-state index in [1.807, 2.05) is 4.72 Å². The third kappa shape index (κ3) is 4.15. The molecule has 9 nitrogen and oxygen atoms in total. The Morgan fingerprint density at radius 1 is 1.38 bits per heavy atom. The summed E-state index contributed by atoms with van der Waals surface area (Å²) in [6.07, 6.45) is -1.69. The van der Waals surface area contributed by atoms with E-state index in [1.54, 1.807) is 0 Å². The van der Waals surface area contributed by atoms with E-state index in [9.17, 15) is 28.2 Å². The number of aliphatic hydroxyl groups excluding tert-OH is 1. The van der Waals surface area contributed by atoms with E-state index < -0.39 is 50.8 Å². The third-order valence-electron chi connectivity index (χ3n) is 2.45. The summed E-state index contributed by atoms with van der Waals surface area (Å²) in [5.74, 6) is -3.11. The van der Waals surface area contributed by atoms with Crippen molar-refractivity contribution >= 4 is 22.0 Å². The number of nitrogens with one attached hydrogen (secondary N) is 1. The number of aromatic carboxylic acids is 1. The molecule has 1 aromatic rings. The van der Waals surface area contributed by atoms with Crippen LogP contribution < -0.4 is 4.72 Å². The number of carboxylic acid groups (broad SMARTS) is 1. The standard InChI is InChI=1S/C11H13NO8S/c1-20-11(17)9(14)5-12-21(18,19)6-2-3-8(13)7(4-6)10(15)16/h2-4,9,12-14H,5H2,1H3,(H,15,16). The van der Waals surface area contributed by atoms with Crippen molar-refractivity contribution in [1.29, 1.82) is 0 Å². The van der Waals surface area contributed by atoms with Crippen LogP contribution in [0.3, 0.4) is 0 Å². The number of phenols is 1. The minimum absolute atomic E-state index is 0.435. The summed E-state index contributed by atoms with van der Waals surface area (Å²) < 4.78 is 29.9. The maximum Gasteiger partial charge on any atom is 0.339 e. The van der Waals surface area contributed by atoms with Gasteiger partial charge in [0.05, 0.1) is 12.0 Å². The van der Waals surface area contributed by atoms with Crippen molar-refractivity contribution in [2.24, 2.45) is 0 Å². The number of aliphatic hydroxyl groups is 1. The van der Waals surface area contributed by atoms with Crippen molar-refractivity contribution < 1.29 is 38.1 Å². The number of carbonyl (C=O) groups excluding carboxylic acids is 1. The minimum atomic E-state index is -4.16. The van der Waals surface area contributed by atoms with Gasteiger partial charge in [0.1, 0.15) is 11.3 Å². The smallest absolute Gasteiger partial charge is 0.339 e. The second-order valence-corrected chi connectivity index (χ2v) is 5.64. The first-order valence-electron chi connectivity index (χ1n) is 5.51. The van der Waals surface area contributed by atoms with Crippen LogP contribution in [-0.4, -0.2) is 55.4 Å². The van der Waals surface area contributed by atoms with E-state index >= 15 is 0 Å². The number of esters is 1. The Morgan fingerprint density at radius 2 is 2.00 bits per heavy atom. The molecule has 116 valence electrons. The molecule has 0 heterocycles. The molecule has 0 aromatic heterocycles. The third-order valence-corrected chi connectivity index (χ3v) is 3.87. The molecule has 1 atom stereocenters. The number of methoxy groups -OCH3 is 1. The van der Waals surface area contributed by atoms with Crippen LogP contribution in [-0.2, 0) is 19.6 Å². The molecule has 0 amide bonds. The normalized spacial score (nSPS) is 12.7. The molecule has 1 rings (SSSR count).